The first kappa shape index (κ1) is 18.4. The van der Waals surface area contributed by atoms with E-state index in [1.807, 2.05) is 55.6 Å². The molecule has 0 N–H and O–H groups in total. The maximum absolute atomic E-state index is 12.1. The number of pyridine rings is 2. The summed E-state index contributed by atoms with van der Waals surface area (Å²) < 4.78 is 3.67. The third kappa shape index (κ3) is 3.99. The average Bonchev–Trinajstić information content (AvgIpc) is 3.16. The summed E-state index contributed by atoms with van der Waals surface area (Å²) in [4.78, 5) is 20.9. The van der Waals surface area contributed by atoms with Crippen molar-refractivity contribution < 1.29 is 0 Å². The monoisotopic (exact) mass is 381 g/mol. The van der Waals surface area contributed by atoms with E-state index in [0.29, 0.717) is 17.9 Å². The van der Waals surface area contributed by atoms with Crippen LogP contribution in [0.1, 0.15) is 28.1 Å². The fourth-order valence-corrected chi connectivity index (χ4v) is 3.27. The summed E-state index contributed by atoms with van der Waals surface area (Å²) in [6.07, 6.45) is 6.18. The van der Waals surface area contributed by atoms with E-state index in [-0.39, 0.29) is 5.56 Å². The van der Waals surface area contributed by atoms with Gasteiger partial charge in [0.15, 0.2) is 0 Å². The molecule has 0 aliphatic carbocycles. The molecule has 4 rings (SSSR count). The van der Waals surface area contributed by atoms with Crippen LogP contribution in [0.15, 0.2) is 78.1 Å². The van der Waals surface area contributed by atoms with Crippen molar-refractivity contribution in [1.29, 1.82) is 5.26 Å². The number of nitriles is 1. The third-order valence-corrected chi connectivity index (χ3v) is 4.81. The summed E-state index contributed by atoms with van der Waals surface area (Å²) in [6, 6.07) is 18.7. The number of benzene rings is 1. The summed E-state index contributed by atoms with van der Waals surface area (Å²) in [7, 11) is 0. The molecule has 3 aromatic heterocycles. The highest BCUT2D eigenvalue weighted by Crippen LogP contribution is 2.13. The molecule has 4 aromatic rings. The number of nitrogens with zero attached hydrogens (tertiary/aromatic N) is 5. The fourth-order valence-electron chi connectivity index (χ4n) is 3.27. The number of aromatic nitrogens is 4. The fraction of sp³-hybridized carbons (Fsp3) is 0.130. The molecule has 0 unspecified atom stereocenters. The third-order valence-electron chi connectivity index (χ3n) is 4.81. The Labute approximate surface area is 168 Å². The van der Waals surface area contributed by atoms with Gasteiger partial charge in [-0.2, -0.15) is 5.26 Å². The van der Waals surface area contributed by atoms with Crippen LogP contribution in [-0.4, -0.2) is 19.1 Å². The second-order valence-electron chi connectivity index (χ2n) is 6.86. The maximum Gasteiger partial charge on any atom is 0.256 e. The van der Waals surface area contributed by atoms with Crippen molar-refractivity contribution in [1.82, 2.24) is 19.1 Å². The van der Waals surface area contributed by atoms with Gasteiger partial charge in [0.05, 0.1) is 24.5 Å². The van der Waals surface area contributed by atoms with Gasteiger partial charge in [0, 0.05) is 36.3 Å². The largest absolute Gasteiger partial charge is 0.330 e. The minimum absolute atomic E-state index is 0.0930. The highest BCUT2D eigenvalue weighted by atomic mass is 16.1. The number of hydrogen-bond donors (Lipinski definition) is 0. The van der Waals surface area contributed by atoms with Gasteiger partial charge in [-0.3, -0.25) is 9.36 Å². The summed E-state index contributed by atoms with van der Waals surface area (Å²) in [6.45, 7) is 2.53. The average molecular weight is 381 g/mol. The molecule has 0 bridgehead atoms. The topological polar surface area (TPSA) is 76.5 Å². The van der Waals surface area contributed by atoms with Crippen LogP contribution in [0.25, 0.3) is 5.82 Å². The quantitative estimate of drug-likeness (QED) is 0.532. The molecule has 6 heteroatoms. The van der Waals surface area contributed by atoms with Gasteiger partial charge in [-0.1, -0.05) is 24.3 Å². The first-order chi connectivity index (χ1) is 14.1. The van der Waals surface area contributed by atoms with Crippen molar-refractivity contribution >= 4 is 0 Å². The van der Waals surface area contributed by atoms with Crippen LogP contribution in [0.5, 0.6) is 0 Å². The molecule has 0 aliphatic heterocycles. The molecule has 0 fully saturated rings. The Hall–Kier alpha value is -3.98. The Morgan fingerprint density at radius 3 is 2.48 bits per heavy atom. The van der Waals surface area contributed by atoms with Crippen molar-refractivity contribution in [2.45, 2.75) is 19.9 Å². The summed E-state index contributed by atoms with van der Waals surface area (Å²) in [5, 5.41) is 8.93. The molecular weight excluding hydrogens is 362 g/mol. The van der Waals surface area contributed by atoms with E-state index in [2.05, 4.69) is 20.6 Å². The van der Waals surface area contributed by atoms with Gasteiger partial charge >= 0.3 is 0 Å². The zero-order chi connectivity index (χ0) is 20.2. The number of imidazole rings is 1. The van der Waals surface area contributed by atoms with E-state index in [1.54, 1.807) is 23.2 Å². The van der Waals surface area contributed by atoms with E-state index < -0.39 is 0 Å². The van der Waals surface area contributed by atoms with Crippen molar-refractivity contribution in [2.75, 3.05) is 0 Å². The Kier molecular flexibility index (Phi) is 5.04. The zero-order valence-corrected chi connectivity index (χ0v) is 16.0. The minimum Gasteiger partial charge on any atom is -0.330 e. The molecule has 0 atom stereocenters. The normalized spacial score (nSPS) is 10.6. The summed E-state index contributed by atoms with van der Waals surface area (Å²) in [5.74, 6) is 0.611. The van der Waals surface area contributed by atoms with E-state index in [4.69, 9.17) is 5.26 Å². The Bertz CT molecular complexity index is 1230. The predicted molar refractivity (Wildman–Crippen MR) is 110 cm³/mol. The zero-order valence-electron chi connectivity index (χ0n) is 16.0. The van der Waals surface area contributed by atoms with Crippen molar-refractivity contribution in [3.05, 3.63) is 112 Å². The van der Waals surface area contributed by atoms with Gasteiger partial charge in [0.1, 0.15) is 5.82 Å². The summed E-state index contributed by atoms with van der Waals surface area (Å²) >= 11 is 0. The van der Waals surface area contributed by atoms with Gasteiger partial charge < -0.3 is 4.57 Å². The second-order valence-corrected chi connectivity index (χ2v) is 6.86. The van der Waals surface area contributed by atoms with Crippen LogP contribution in [-0.2, 0) is 13.0 Å². The molecule has 6 nitrogen and oxygen atoms in total. The van der Waals surface area contributed by atoms with E-state index >= 15 is 0 Å². The van der Waals surface area contributed by atoms with Crippen molar-refractivity contribution in [2.24, 2.45) is 0 Å². The van der Waals surface area contributed by atoms with Crippen LogP contribution in [0.2, 0.25) is 0 Å². The first-order valence-corrected chi connectivity index (χ1v) is 9.26. The molecule has 0 aliphatic rings. The van der Waals surface area contributed by atoms with Crippen LogP contribution in [0, 0.1) is 18.3 Å². The smallest absolute Gasteiger partial charge is 0.256 e. The van der Waals surface area contributed by atoms with E-state index in [0.717, 1.165) is 28.9 Å². The molecular formula is C23H19N5O. The second kappa shape index (κ2) is 7.95. The highest BCUT2D eigenvalue weighted by Gasteiger charge is 2.07. The van der Waals surface area contributed by atoms with Crippen LogP contribution in [0.3, 0.4) is 0 Å². The lowest BCUT2D eigenvalue weighted by Crippen LogP contribution is -2.20. The van der Waals surface area contributed by atoms with E-state index in [9.17, 15) is 4.79 Å². The van der Waals surface area contributed by atoms with Gasteiger partial charge in [-0.05, 0) is 42.3 Å². The number of rotatable bonds is 5. The van der Waals surface area contributed by atoms with Gasteiger partial charge in [-0.15, -0.1) is 0 Å². The minimum atomic E-state index is -0.0930. The van der Waals surface area contributed by atoms with Gasteiger partial charge in [0.2, 0.25) is 0 Å². The molecule has 0 saturated heterocycles. The van der Waals surface area contributed by atoms with Gasteiger partial charge in [-0.25, -0.2) is 9.97 Å². The molecule has 0 spiro atoms. The Morgan fingerprint density at radius 2 is 1.79 bits per heavy atom. The van der Waals surface area contributed by atoms with E-state index in [1.165, 1.54) is 6.07 Å². The molecule has 142 valence electrons. The summed E-state index contributed by atoms with van der Waals surface area (Å²) in [5.41, 5.74) is 4.63. The standard InChI is InChI=1S/C23H19N5O/c1-17-3-2-4-23(29)28(17)22-10-9-20(13-26-22)15-27-16-25-14-21(27)11-18-5-7-19(12-24)8-6-18/h2-10,13-14,16H,11,15H2,1H3. The number of hydrogen-bond acceptors (Lipinski definition) is 4. The molecule has 0 saturated carbocycles. The lowest BCUT2D eigenvalue weighted by Gasteiger charge is -2.11. The Morgan fingerprint density at radius 1 is 1.00 bits per heavy atom. The first-order valence-electron chi connectivity index (χ1n) is 9.26. The van der Waals surface area contributed by atoms with Crippen molar-refractivity contribution in [3.8, 4) is 11.9 Å². The molecule has 29 heavy (non-hydrogen) atoms. The molecule has 1 aromatic carbocycles. The molecule has 3 heterocycles. The lowest BCUT2D eigenvalue weighted by molar-refractivity contribution is 0.748. The highest BCUT2D eigenvalue weighted by molar-refractivity contribution is 5.33. The van der Waals surface area contributed by atoms with Crippen LogP contribution >= 0.6 is 0 Å². The van der Waals surface area contributed by atoms with Gasteiger partial charge in [0.25, 0.3) is 5.56 Å². The molecule has 0 amide bonds. The van der Waals surface area contributed by atoms with Crippen LogP contribution < -0.4 is 5.56 Å². The lowest BCUT2D eigenvalue weighted by atomic mass is 10.1. The maximum atomic E-state index is 12.1. The van der Waals surface area contributed by atoms with Crippen molar-refractivity contribution in [3.63, 3.8) is 0 Å². The molecule has 0 radical (unpaired) electrons. The van der Waals surface area contributed by atoms with Crippen LogP contribution in [0.4, 0.5) is 0 Å². The Balaban J connectivity index is 1.52. The number of aryl methyl sites for hydroxylation is 1. The SMILES string of the molecule is Cc1cccc(=O)n1-c1ccc(Cn2cncc2Cc2ccc(C#N)cc2)cn1. The predicted octanol–water partition coefficient (Wildman–Crippen LogP) is 3.25.